The van der Waals surface area contributed by atoms with Crippen molar-refractivity contribution in [1.82, 2.24) is 0 Å². The lowest BCUT2D eigenvalue weighted by Crippen LogP contribution is -2.02. The van der Waals surface area contributed by atoms with Crippen LogP contribution in [0, 0.1) is 0 Å². The summed E-state index contributed by atoms with van der Waals surface area (Å²) >= 11 is 0. The van der Waals surface area contributed by atoms with E-state index >= 15 is 0 Å². The van der Waals surface area contributed by atoms with Crippen molar-refractivity contribution in [2.75, 3.05) is 20.3 Å². The van der Waals surface area contributed by atoms with E-state index in [0.29, 0.717) is 6.61 Å². The van der Waals surface area contributed by atoms with Crippen molar-refractivity contribution >= 4 is 12.0 Å². The summed E-state index contributed by atoms with van der Waals surface area (Å²) in [5.41, 5.74) is 0.995. The lowest BCUT2D eigenvalue weighted by Gasteiger charge is -2.01. The Morgan fingerprint density at radius 2 is 1.83 bits per heavy atom. The van der Waals surface area contributed by atoms with Crippen LogP contribution in [-0.2, 0) is 14.3 Å². The predicted molar refractivity (Wildman–Crippen MR) is 72.2 cm³/mol. The van der Waals surface area contributed by atoms with Crippen molar-refractivity contribution in [3.63, 3.8) is 0 Å². The molecule has 0 amide bonds. The fraction of sp³-hybridized carbons (Fsp3) is 0.400. The van der Waals surface area contributed by atoms with E-state index in [0.717, 1.165) is 31.4 Å². The molecule has 0 aliphatic heterocycles. The highest BCUT2D eigenvalue weighted by molar-refractivity contribution is 5.86. The number of methoxy groups -OCH3 is 1. The van der Waals surface area contributed by atoms with Gasteiger partial charge in [-0.25, -0.2) is 4.79 Å². The van der Waals surface area contributed by atoms with Gasteiger partial charge in [-0.05, 0) is 30.9 Å². The lowest BCUT2D eigenvalue weighted by atomic mass is 10.2. The number of esters is 1. The first-order valence-corrected chi connectivity index (χ1v) is 6.22. The zero-order chi connectivity index (χ0) is 13.1. The molecule has 1 rings (SSSR count). The molecular formula is C15H20O3. The molecule has 0 spiro atoms. The first-order chi connectivity index (χ1) is 8.83. The Bertz CT molecular complexity index is 357. The van der Waals surface area contributed by atoms with Crippen LogP contribution in [0.25, 0.3) is 6.08 Å². The van der Waals surface area contributed by atoms with Crippen LogP contribution in [0.4, 0.5) is 0 Å². The van der Waals surface area contributed by atoms with E-state index in [4.69, 9.17) is 9.47 Å². The van der Waals surface area contributed by atoms with E-state index in [-0.39, 0.29) is 5.97 Å². The van der Waals surface area contributed by atoms with E-state index in [1.807, 2.05) is 30.3 Å². The lowest BCUT2D eigenvalue weighted by molar-refractivity contribution is -0.137. The summed E-state index contributed by atoms with van der Waals surface area (Å²) < 4.78 is 10.0. The molecule has 1 aromatic rings. The minimum Gasteiger partial charge on any atom is -0.463 e. The van der Waals surface area contributed by atoms with Crippen LogP contribution in [-0.4, -0.2) is 26.3 Å². The second-order valence-electron chi connectivity index (χ2n) is 3.96. The average molecular weight is 248 g/mol. The average Bonchev–Trinajstić information content (AvgIpc) is 2.41. The minimum atomic E-state index is -0.286. The highest BCUT2D eigenvalue weighted by Gasteiger charge is 1.96. The normalized spacial score (nSPS) is 10.7. The van der Waals surface area contributed by atoms with Gasteiger partial charge in [0, 0.05) is 19.8 Å². The first kappa shape index (κ1) is 14.5. The van der Waals surface area contributed by atoms with E-state index in [9.17, 15) is 4.79 Å². The fourth-order valence-corrected chi connectivity index (χ4v) is 1.47. The quantitative estimate of drug-likeness (QED) is 0.403. The zero-order valence-corrected chi connectivity index (χ0v) is 10.8. The number of hydrogen-bond acceptors (Lipinski definition) is 3. The molecule has 0 atom stereocenters. The van der Waals surface area contributed by atoms with Crippen LogP contribution >= 0.6 is 0 Å². The molecule has 3 nitrogen and oxygen atoms in total. The molecule has 1 aromatic carbocycles. The van der Waals surface area contributed by atoms with Crippen molar-refractivity contribution < 1.29 is 14.3 Å². The van der Waals surface area contributed by atoms with Crippen molar-refractivity contribution in [2.24, 2.45) is 0 Å². The van der Waals surface area contributed by atoms with Gasteiger partial charge in [0.25, 0.3) is 0 Å². The standard InChI is InChI=1S/C15H20O3/c1-17-12-6-3-7-13-18-15(16)11-10-14-8-4-2-5-9-14/h2,4-5,8-11H,3,6-7,12-13H2,1H3. The van der Waals surface area contributed by atoms with Gasteiger partial charge in [-0.2, -0.15) is 0 Å². The maximum absolute atomic E-state index is 11.4. The van der Waals surface area contributed by atoms with E-state index in [1.165, 1.54) is 6.08 Å². The van der Waals surface area contributed by atoms with E-state index in [2.05, 4.69) is 0 Å². The summed E-state index contributed by atoms with van der Waals surface area (Å²) in [6, 6.07) is 9.68. The van der Waals surface area contributed by atoms with Gasteiger partial charge in [-0.15, -0.1) is 0 Å². The summed E-state index contributed by atoms with van der Waals surface area (Å²) in [6.07, 6.45) is 6.13. The molecule has 0 aromatic heterocycles. The smallest absolute Gasteiger partial charge is 0.330 e. The molecule has 98 valence electrons. The summed E-state index contributed by atoms with van der Waals surface area (Å²) in [5, 5.41) is 0. The summed E-state index contributed by atoms with van der Waals surface area (Å²) in [4.78, 5) is 11.4. The molecule has 0 saturated carbocycles. The second kappa shape index (κ2) is 9.42. The van der Waals surface area contributed by atoms with Crippen molar-refractivity contribution in [3.8, 4) is 0 Å². The number of rotatable bonds is 8. The number of hydrogen-bond donors (Lipinski definition) is 0. The van der Waals surface area contributed by atoms with Crippen molar-refractivity contribution in [2.45, 2.75) is 19.3 Å². The molecule has 0 bridgehead atoms. The Kier molecular flexibility index (Phi) is 7.57. The number of carbonyl (C=O) groups excluding carboxylic acids is 1. The number of unbranched alkanes of at least 4 members (excludes halogenated alkanes) is 2. The molecule has 0 N–H and O–H groups in total. The highest BCUT2D eigenvalue weighted by atomic mass is 16.5. The maximum atomic E-state index is 11.4. The number of benzene rings is 1. The van der Waals surface area contributed by atoms with Gasteiger partial charge in [-0.1, -0.05) is 30.3 Å². The minimum absolute atomic E-state index is 0.286. The highest BCUT2D eigenvalue weighted by Crippen LogP contribution is 2.02. The molecule has 0 unspecified atom stereocenters. The van der Waals surface area contributed by atoms with Crippen LogP contribution < -0.4 is 0 Å². The molecule has 3 heteroatoms. The van der Waals surface area contributed by atoms with Crippen LogP contribution in [0.15, 0.2) is 36.4 Å². The van der Waals surface area contributed by atoms with Gasteiger partial charge in [-0.3, -0.25) is 0 Å². The zero-order valence-electron chi connectivity index (χ0n) is 10.8. The SMILES string of the molecule is COCCCCCOC(=O)C=Cc1ccccc1. The van der Waals surface area contributed by atoms with Crippen LogP contribution in [0.5, 0.6) is 0 Å². The summed E-state index contributed by atoms with van der Waals surface area (Å²) in [6.45, 7) is 1.24. The Hall–Kier alpha value is -1.61. The van der Waals surface area contributed by atoms with E-state index in [1.54, 1.807) is 13.2 Å². The molecule has 0 heterocycles. The fourth-order valence-electron chi connectivity index (χ4n) is 1.47. The summed E-state index contributed by atoms with van der Waals surface area (Å²) in [7, 11) is 1.69. The molecule has 0 saturated heterocycles. The molecule has 0 fully saturated rings. The Morgan fingerprint density at radius 3 is 2.56 bits per heavy atom. The largest absolute Gasteiger partial charge is 0.463 e. The van der Waals surface area contributed by atoms with Crippen LogP contribution in [0.1, 0.15) is 24.8 Å². The van der Waals surface area contributed by atoms with Gasteiger partial charge in [0.15, 0.2) is 0 Å². The van der Waals surface area contributed by atoms with Gasteiger partial charge < -0.3 is 9.47 Å². The predicted octanol–water partition coefficient (Wildman–Crippen LogP) is 3.06. The Balaban J connectivity index is 2.12. The van der Waals surface area contributed by atoms with Gasteiger partial charge in [0.1, 0.15) is 0 Å². The van der Waals surface area contributed by atoms with Crippen molar-refractivity contribution in [1.29, 1.82) is 0 Å². The molecule has 18 heavy (non-hydrogen) atoms. The van der Waals surface area contributed by atoms with Gasteiger partial charge >= 0.3 is 5.97 Å². The third kappa shape index (κ3) is 6.86. The Morgan fingerprint density at radius 1 is 1.11 bits per heavy atom. The van der Waals surface area contributed by atoms with Crippen LogP contribution in [0.3, 0.4) is 0 Å². The monoisotopic (exact) mass is 248 g/mol. The van der Waals surface area contributed by atoms with Crippen molar-refractivity contribution in [3.05, 3.63) is 42.0 Å². The van der Waals surface area contributed by atoms with E-state index < -0.39 is 0 Å². The molecule has 0 aliphatic rings. The summed E-state index contributed by atoms with van der Waals surface area (Å²) in [5.74, 6) is -0.286. The molecular weight excluding hydrogens is 228 g/mol. The number of ether oxygens (including phenoxy) is 2. The topological polar surface area (TPSA) is 35.5 Å². The molecule has 0 radical (unpaired) electrons. The Labute approximate surface area is 108 Å². The molecule has 0 aliphatic carbocycles. The van der Waals surface area contributed by atoms with Gasteiger partial charge in [0.05, 0.1) is 6.61 Å². The number of carbonyl (C=O) groups is 1. The first-order valence-electron chi connectivity index (χ1n) is 6.22. The van der Waals surface area contributed by atoms with Crippen LogP contribution in [0.2, 0.25) is 0 Å². The van der Waals surface area contributed by atoms with Gasteiger partial charge in [0.2, 0.25) is 0 Å². The third-order valence-electron chi connectivity index (χ3n) is 2.45. The third-order valence-corrected chi connectivity index (χ3v) is 2.45. The second-order valence-corrected chi connectivity index (χ2v) is 3.96. The maximum Gasteiger partial charge on any atom is 0.330 e.